The van der Waals surface area contributed by atoms with Crippen LogP contribution >= 0.6 is 45.9 Å². The number of benzene rings is 6. The molecule has 85 heavy (non-hydrogen) atoms. The van der Waals surface area contributed by atoms with Gasteiger partial charge in [-0.3, -0.25) is 9.36 Å². The van der Waals surface area contributed by atoms with E-state index >= 15 is 0 Å². The molecule has 0 saturated carbocycles. The summed E-state index contributed by atoms with van der Waals surface area (Å²) in [6, 6.07) is 31.4. The van der Waals surface area contributed by atoms with Crippen LogP contribution in [0.15, 0.2) is 135 Å². The fourth-order valence-electron chi connectivity index (χ4n) is 10.5. The maximum Gasteiger partial charge on any atom is 0.339 e. The molecule has 12 rings (SSSR count). The minimum Gasteiger partial charge on any atom is -0.479 e. The molecule has 0 spiro atoms. The van der Waals surface area contributed by atoms with Crippen LogP contribution < -0.4 is 0 Å². The Bertz CT molecular complexity index is 4520. The van der Waals surface area contributed by atoms with Gasteiger partial charge in [0.15, 0.2) is 12.2 Å². The highest BCUT2D eigenvalue weighted by atomic mass is 35.5. The molecule has 0 aliphatic heterocycles. The second-order valence-electron chi connectivity index (χ2n) is 22.5. The fourth-order valence-corrected chi connectivity index (χ4v) is 13.0. The molecule has 6 heterocycles. The molecule has 0 unspecified atom stereocenters. The smallest absolute Gasteiger partial charge is 0.339 e. The van der Waals surface area contributed by atoms with Crippen molar-refractivity contribution in [3.63, 3.8) is 0 Å². The number of nitrogens with zero attached hydrogens (tertiary/aromatic N) is 10. The Hall–Kier alpha value is -8.36. The summed E-state index contributed by atoms with van der Waals surface area (Å²) in [6.45, 7) is 15.2. The number of thiazole rings is 2. The fraction of sp³-hybridized carbons (Fsp3) is 0.231. The largest absolute Gasteiger partial charge is 0.479 e. The summed E-state index contributed by atoms with van der Waals surface area (Å²) in [5.41, 5.74) is 13.9. The van der Waals surface area contributed by atoms with Gasteiger partial charge in [-0.15, -0.1) is 22.7 Å². The summed E-state index contributed by atoms with van der Waals surface area (Å²) in [7, 11) is 5.22. The van der Waals surface area contributed by atoms with Gasteiger partial charge in [0.25, 0.3) is 0 Å². The van der Waals surface area contributed by atoms with Crippen LogP contribution in [0.25, 0.3) is 108 Å². The number of hydrogen-bond donors (Lipinski definition) is 1. The Morgan fingerprint density at radius 2 is 0.918 bits per heavy atom. The molecule has 6 aromatic carbocycles. The van der Waals surface area contributed by atoms with Crippen LogP contribution in [0.5, 0.6) is 0 Å². The molecule has 0 fully saturated rings. The summed E-state index contributed by atoms with van der Waals surface area (Å²) in [5.74, 6) is -1.51. The van der Waals surface area contributed by atoms with Crippen molar-refractivity contribution in [2.75, 3.05) is 7.11 Å². The summed E-state index contributed by atoms with van der Waals surface area (Å²) >= 11 is 15.6. The number of carbonyl (C=O) groups excluding carboxylic acids is 1. The van der Waals surface area contributed by atoms with Crippen molar-refractivity contribution in [3.05, 3.63) is 167 Å². The van der Waals surface area contributed by atoms with Crippen molar-refractivity contribution in [3.8, 4) is 65.9 Å². The van der Waals surface area contributed by atoms with E-state index in [0.717, 1.165) is 125 Å². The molecular formula is C65H58Cl2N10O6S2. The molecule has 16 nitrogen and oxygen atoms in total. The molecule has 6 aromatic heterocycles. The molecule has 0 saturated heterocycles. The second kappa shape index (κ2) is 23.2. The second-order valence-corrected chi connectivity index (χ2v) is 25.3. The lowest BCUT2D eigenvalue weighted by Crippen LogP contribution is -2.29. The highest BCUT2D eigenvalue weighted by molar-refractivity contribution is 7.22. The number of aryl methyl sites for hydroxylation is 4. The van der Waals surface area contributed by atoms with E-state index in [4.69, 9.17) is 57.6 Å². The summed E-state index contributed by atoms with van der Waals surface area (Å²) < 4.78 is 23.2. The van der Waals surface area contributed by atoms with E-state index in [9.17, 15) is 14.7 Å². The topological polar surface area (TPSA) is 195 Å². The summed E-state index contributed by atoms with van der Waals surface area (Å²) in [4.78, 5) is 52.7. The van der Waals surface area contributed by atoms with Crippen LogP contribution in [0.3, 0.4) is 0 Å². The number of aromatic nitrogens is 10. The van der Waals surface area contributed by atoms with Crippen molar-refractivity contribution in [1.82, 2.24) is 49.5 Å². The van der Waals surface area contributed by atoms with E-state index < -0.39 is 35.3 Å². The van der Waals surface area contributed by atoms with Crippen LogP contribution in [-0.4, -0.2) is 84.8 Å². The van der Waals surface area contributed by atoms with Crippen LogP contribution in [0.1, 0.15) is 76.0 Å². The minimum absolute atomic E-state index is 0.461. The predicted molar refractivity (Wildman–Crippen MR) is 338 cm³/mol. The van der Waals surface area contributed by atoms with Gasteiger partial charge in [-0.2, -0.15) is 10.2 Å². The Morgan fingerprint density at radius 1 is 0.541 bits per heavy atom. The molecule has 0 aliphatic carbocycles. The number of fused-ring (bicyclic) bond motifs is 4. The molecule has 12 aromatic rings. The third kappa shape index (κ3) is 11.9. The van der Waals surface area contributed by atoms with Gasteiger partial charge in [0.1, 0.15) is 34.1 Å². The van der Waals surface area contributed by atoms with Gasteiger partial charge in [0, 0.05) is 104 Å². The van der Waals surface area contributed by atoms with E-state index in [1.165, 1.54) is 31.1 Å². The maximum absolute atomic E-state index is 13.2. The first-order chi connectivity index (χ1) is 40.5. The lowest BCUT2D eigenvalue weighted by Gasteiger charge is -2.28. The number of aliphatic carboxylic acids is 1. The zero-order valence-electron chi connectivity index (χ0n) is 48.4. The first-order valence-corrected chi connectivity index (χ1v) is 29.4. The number of esters is 1. The van der Waals surface area contributed by atoms with Crippen LogP contribution in [-0.2, 0) is 37.9 Å². The van der Waals surface area contributed by atoms with Gasteiger partial charge in [-0.1, -0.05) is 47.5 Å². The first kappa shape index (κ1) is 58.4. The molecule has 20 heteroatoms. The van der Waals surface area contributed by atoms with Crippen molar-refractivity contribution >= 4 is 100 Å². The zero-order chi connectivity index (χ0) is 60.2. The van der Waals surface area contributed by atoms with Gasteiger partial charge < -0.3 is 19.3 Å². The average Bonchev–Trinajstić information content (AvgIpc) is 3.76. The van der Waals surface area contributed by atoms with E-state index in [1.54, 1.807) is 36.1 Å². The van der Waals surface area contributed by atoms with Crippen LogP contribution in [0.2, 0.25) is 10.0 Å². The predicted octanol–water partition coefficient (Wildman–Crippen LogP) is 15.8. The molecule has 2 atom stereocenters. The average molecular weight is 1210 g/mol. The summed E-state index contributed by atoms with van der Waals surface area (Å²) in [5, 5.41) is 24.6. The van der Waals surface area contributed by atoms with Crippen molar-refractivity contribution in [2.24, 2.45) is 14.1 Å². The van der Waals surface area contributed by atoms with Crippen LogP contribution in [0, 0.1) is 13.8 Å². The number of carbonyl (C=O) groups is 2. The van der Waals surface area contributed by atoms with Gasteiger partial charge in [-0.25, -0.2) is 39.5 Å². The number of rotatable bonds is 12. The molecule has 0 radical (unpaired) electrons. The molecule has 0 aliphatic rings. The number of carboxylic acid groups (broad SMARTS) is 1. The molecular weight excluding hydrogens is 1150 g/mol. The standard InChI is InChI=1S/C33H30ClN5O3S.C32H28ClN5O3S/c1-18-13-24-30(27(19-7-10-22(34)11-8-19)26(18)29(32(40)41-6)42-33(2,3)4)43-31(37-24)20-9-12-25-23(14-20)28(38-39(25)5)21-15-35-17-36-16-21;1-17-12-23-29(26(18-6-9-21(33)10-7-18)25(17)28(31(39)40)41-32(2,3)4)42-30(36-23)19-8-11-24-22(13-19)27(37-38(24)5)20-14-34-16-35-15-20/h7-17,29H,1-6H3;6-16,28H,1-5H3,(H,39,40)/t29-;28-/m00/s1. The van der Waals surface area contributed by atoms with Gasteiger partial charge in [0.05, 0.1) is 49.8 Å². The van der Waals surface area contributed by atoms with Gasteiger partial charge in [-0.05, 0) is 150 Å². The van der Waals surface area contributed by atoms with Crippen molar-refractivity contribution < 1.29 is 28.9 Å². The summed E-state index contributed by atoms with van der Waals surface area (Å²) in [6.07, 6.45) is 7.92. The number of hydrogen-bond acceptors (Lipinski definition) is 15. The Kier molecular flexibility index (Phi) is 16.0. The highest BCUT2D eigenvalue weighted by Gasteiger charge is 2.35. The monoisotopic (exact) mass is 1210 g/mol. The normalized spacial score (nSPS) is 12.7. The number of ether oxygens (including phenoxy) is 3. The third-order valence-electron chi connectivity index (χ3n) is 14.1. The van der Waals surface area contributed by atoms with Gasteiger partial charge in [0.2, 0.25) is 0 Å². The lowest BCUT2D eigenvalue weighted by molar-refractivity contribution is -0.164. The Balaban J connectivity index is 0.000000177. The Labute approximate surface area is 508 Å². The Morgan fingerprint density at radius 3 is 1.29 bits per heavy atom. The SMILES string of the molecule is COC(=O)[C@@H](OC(C)(C)C)c1c(C)cc2nc(-c3ccc4c(c3)c(-c3cncnc3)nn4C)sc2c1-c1ccc(Cl)cc1.Cc1cc2nc(-c3ccc4c(c3)c(-c3cncnc3)nn4C)sc2c(-c2ccc(Cl)cc2)c1[C@H](OC(C)(C)C)C(=O)O. The maximum atomic E-state index is 13.2. The minimum atomic E-state index is -1.17. The van der Waals surface area contributed by atoms with Crippen molar-refractivity contribution in [1.29, 1.82) is 0 Å². The van der Waals surface area contributed by atoms with Crippen LogP contribution in [0.4, 0.5) is 0 Å². The quantitative estimate of drug-likeness (QED) is 0.113. The van der Waals surface area contributed by atoms with E-state index in [-0.39, 0.29) is 0 Å². The molecule has 430 valence electrons. The van der Waals surface area contributed by atoms with E-state index in [2.05, 4.69) is 44.2 Å². The third-order valence-corrected chi connectivity index (χ3v) is 16.9. The zero-order valence-corrected chi connectivity index (χ0v) is 51.5. The first-order valence-electron chi connectivity index (χ1n) is 27.1. The van der Waals surface area contributed by atoms with Crippen molar-refractivity contribution in [2.45, 2.75) is 78.8 Å². The van der Waals surface area contributed by atoms with E-state index in [1.807, 2.05) is 152 Å². The molecule has 0 amide bonds. The molecule has 0 bridgehead atoms. The lowest BCUT2D eigenvalue weighted by atomic mass is 9.91. The highest BCUT2D eigenvalue weighted by Crippen LogP contribution is 2.47. The number of methoxy groups -OCH3 is 1. The van der Waals surface area contributed by atoms with E-state index in [0.29, 0.717) is 15.6 Å². The number of carboxylic acids is 1. The van der Waals surface area contributed by atoms with Gasteiger partial charge >= 0.3 is 11.9 Å². The number of halogens is 2. The molecule has 1 N–H and O–H groups in total.